The average Bonchev–Trinajstić information content (AvgIpc) is 3.35. The van der Waals surface area contributed by atoms with Crippen LogP contribution in [0.15, 0.2) is 66.2 Å². The molecule has 2 aliphatic rings. The van der Waals surface area contributed by atoms with Crippen molar-refractivity contribution in [1.29, 1.82) is 0 Å². The molecular weight excluding hydrogens is 432 g/mol. The molecule has 3 aromatic rings. The first-order valence-electron chi connectivity index (χ1n) is 11.4. The van der Waals surface area contributed by atoms with E-state index in [9.17, 15) is 9.59 Å². The van der Waals surface area contributed by atoms with E-state index in [2.05, 4.69) is 41.1 Å². The normalized spacial score (nSPS) is 19.4. The van der Waals surface area contributed by atoms with Gasteiger partial charge in [-0.1, -0.05) is 42.5 Å². The second kappa shape index (κ2) is 9.45. The van der Waals surface area contributed by atoms with Crippen molar-refractivity contribution in [3.05, 3.63) is 87.9 Å². The van der Waals surface area contributed by atoms with Gasteiger partial charge < -0.3 is 9.80 Å². The Balaban J connectivity index is 1.12. The molecule has 2 fully saturated rings. The summed E-state index contributed by atoms with van der Waals surface area (Å²) in [6.07, 6.45) is 2.55. The van der Waals surface area contributed by atoms with Gasteiger partial charge in [0.15, 0.2) is 5.01 Å². The van der Waals surface area contributed by atoms with E-state index in [4.69, 9.17) is 0 Å². The molecule has 5 rings (SSSR count). The van der Waals surface area contributed by atoms with Gasteiger partial charge in [0.05, 0.1) is 0 Å². The lowest BCUT2D eigenvalue weighted by atomic mass is 10.00. The van der Waals surface area contributed by atoms with E-state index in [0.717, 1.165) is 31.6 Å². The average molecular weight is 461 g/mol. The molecule has 0 aliphatic carbocycles. The predicted molar refractivity (Wildman–Crippen MR) is 130 cm³/mol. The molecule has 0 spiro atoms. The van der Waals surface area contributed by atoms with Gasteiger partial charge in [0.25, 0.3) is 11.8 Å². The summed E-state index contributed by atoms with van der Waals surface area (Å²) in [5.41, 5.74) is 3.22. The molecule has 6 nitrogen and oxygen atoms in total. The molecule has 1 atom stereocenters. The topological polar surface area (TPSA) is 56.8 Å². The highest BCUT2D eigenvalue weighted by Crippen LogP contribution is 2.24. The lowest BCUT2D eigenvalue weighted by Gasteiger charge is -2.50. The fraction of sp³-hybridized carbons (Fsp3) is 0.346. The summed E-state index contributed by atoms with van der Waals surface area (Å²) in [4.78, 5) is 35.9. The molecule has 0 radical (unpaired) electrons. The summed E-state index contributed by atoms with van der Waals surface area (Å²) in [5.74, 6) is 0.125. The van der Waals surface area contributed by atoms with E-state index >= 15 is 0 Å². The number of rotatable bonds is 5. The molecule has 33 heavy (non-hydrogen) atoms. The molecule has 2 amide bonds. The molecular formula is C26H28N4O2S. The molecule has 0 N–H and O–H groups in total. The Morgan fingerprint density at radius 2 is 1.64 bits per heavy atom. The lowest BCUT2D eigenvalue weighted by Crippen LogP contribution is -2.66. The highest BCUT2D eigenvalue weighted by molar-refractivity contribution is 7.11. The summed E-state index contributed by atoms with van der Waals surface area (Å²) in [5, 5.41) is 2.40. The number of amides is 2. The molecule has 3 heterocycles. The predicted octanol–water partition coefficient (Wildman–Crippen LogP) is 3.40. The zero-order valence-corrected chi connectivity index (χ0v) is 19.6. The summed E-state index contributed by atoms with van der Waals surface area (Å²) >= 11 is 1.39. The van der Waals surface area contributed by atoms with E-state index in [1.54, 1.807) is 6.20 Å². The van der Waals surface area contributed by atoms with Crippen molar-refractivity contribution in [1.82, 2.24) is 19.7 Å². The van der Waals surface area contributed by atoms with E-state index in [1.165, 1.54) is 22.5 Å². The van der Waals surface area contributed by atoms with Crippen molar-refractivity contribution < 1.29 is 9.59 Å². The number of hydrogen-bond acceptors (Lipinski definition) is 5. The van der Waals surface area contributed by atoms with Gasteiger partial charge in [-0.2, -0.15) is 0 Å². The first kappa shape index (κ1) is 21.8. The first-order valence-corrected chi connectivity index (χ1v) is 12.3. The molecule has 2 aliphatic heterocycles. The second-order valence-corrected chi connectivity index (χ2v) is 9.79. The Hall–Kier alpha value is -3.03. The van der Waals surface area contributed by atoms with Gasteiger partial charge in [-0.15, -0.1) is 11.3 Å². The van der Waals surface area contributed by atoms with Gasteiger partial charge >= 0.3 is 0 Å². The maximum Gasteiger partial charge on any atom is 0.282 e. The third-order valence-corrected chi connectivity index (χ3v) is 7.41. The number of nitrogens with zero attached hydrogens (tertiary/aromatic N) is 4. The standard InChI is InChI=1S/C26H28N4O2S/c1-19-16-28(26(32)24-27-11-14-33-24)12-13-30(19)23-17-29(18-23)25(31)22-9-7-21(8-10-22)15-20-5-3-2-4-6-20/h2-11,14,19,23H,12-13,15-18H2,1H3. The molecule has 2 aromatic carbocycles. The van der Waals surface area contributed by atoms with Crippen LogP contribution in [0.1, 0.15) is 38.2 Å². The van der Waals surface area contributed by atoms with E-state index < -0.39 is 0 Å². The number of benzene rings is 2. The van der Waals surface area contributed by atoms with E-state index in [0.29, 0.717) is 24.1 Å². The number of carbonyl (C=O) groups is 2. The summed E-state index contributed by atoms with van der Waals surface area (Å²) in [7, 11) is 0. The molecule has 170 valence electrons. The van der Waals surface area contributed by atoms with Gasteiger partial charge in [0.2, 0.25) is 0 Å². The van der Waals surface area contributed by atoms with Crippen molar-refractivity contribution in [3.8, 4) is 0 Å². The minimum Gasteiger partial charge on any atom is -0.335 e. The van der Waals surface area contributed by atoms with Crippen LogP contribution in [0.3, 0.4) is 0 Å². The zero-order chi connectivity index (χ0) is 22.8. The molecule has 2 saturated heterocycles. The number of thiazole rings is 1. The van der Waals surface area contributed by atoms with Crippen molar-refractivity contribution in [3.63, 3.8) is 0 Å². The van der Waals surface area contributed by atoms with Gasteiger partial charge in [-0.25, -0.2) is 4.98 Å². The van der Waals surface area contributed by atoms with Crippen molar-refractivity contribution >= 4 is 23.2 Å². The van der Waals surface area contributed by atoms with Crippen LogP contribution in [-0.4, -0.2) is 76.3 Å². The zero-order valence-electron chi connectivity index (χ0n) is 18.8. The third kappa shape index (κ3) is 4.70. The highest BCUT2D eigenvalue weighted by atomic mass is 32.1. The van der Waals surface area contributed by atoms with E-state index in [-0.39, 0.29) is 17.9 Å². The molecule has 1 unspecified atom stereocenters. The van der Waals surface area contributed by atoms with Gasteiger partial charge in [0.1, 0.15) is 0 Å². The Kier molecular flexibility index (Phi) is 6.24. The largest absolute Gasteiger partial charge is 0.335 e. The van der Waals surface area contributed by atoms with Crippen LogP contribution >= 0.6 is 11.3 Å². The third-order valence-electron chi connectivity index (χ3n) is 6.65. The number of likely N-dealkylation sites (tertiary alicyclic amines) is 1. The monoisotopic (exact) mass is 460 g/mol. The van der Waals surface area contributed by atoms with Crippen molar-refractivity contribution in [2.75, 3.05) is 32.7 Å². The van der Waals surface area contributed by atoms with Crippen LogP contribution in [0.4, 0.5) is 0 Å². The summed E-state index contributed by atoms with van der Waals surface area (Å²) in [6.45, 7) is 5.89. The summed E-state index contributed by atoms with van der Waals surface area (Å²) in [6, 6.07) is 19.0. The number of carbonyl (C=O) groups excluding carboxylic acids is 2. The lowest BCUT2D eigenvalue weighted by molar-refractivity contribution is -0.0132. The Morgan fingerprint density at radius 3 is 2.30 bits per heavy atom. The van der Waals surface area contributed by atoms with Gasteiger partial charge in [0, 0.05) is 61.9 Å². The van der Waals surface area contributed by atoms with E-state index in [1.807, 2.05) is 45.5 Å². The maximum atomic E-state index is 12.9. The highest BCUT2D eigenvalue weighted by Gasteiger charge is 2.39. The fourth-order valence-electron chi connectivity index (χ4n) is 4.77. The van der Waals surface area contributed by atoms with Crippen LogP contribution in [0.25, 0.3) is 0 Å². The first-order chi connectivity index (χ1) is 16.1. The molecule has 0 saturated carbocycles. The van der Waals surface area contributed by atoms with Crippen LogP contribution in [0, 0.1) is 0 Å². The van der Waals surface area contributed by atoms with Gasteiger partial charge in [-0.3, -0.25) is 14.5 Å². The second-order valence-electron chi connectivity index (χ2n) is 8.90. The SMILES string of the molecule is CC1CN(C(=O)c2nccs2)CCN1C1CN(C(=O)c2ccc(Cc3ccccc3)cc2)C1. The van der Waals surface area contributed by atoms with Crippen LogP contribution in [0.5, 0.6) is 0 Å². The minimum atomic E-state index is 0.0256. The van der Waals surface area contributed by atoms with Crippen LogP contribution < -0.4 is 0 Å². The molecule has 0 bridgehead atoms. The van der Waals surface area contributed by atoms with Crippen LogP contribution in [0.2, 0.25) is 0 Å². The molecule has 7 heteroatoms. The Labute approximate surface area is 198 Å². The number of hydrogen-bond donors (Lipinski definition) is 0. The smallest absolute Gasteiger partial charge is 0.282 e. The number of piperazine rings is 1. The van der Waals surface area contributed by atoms with Crippen molar-refractivity contribution in [2.24, 2.45) is 0 Å². The Morgan fingerprint density at radius 1 is 0.909 bits per heavy atom. The van der Waals surface area contributed by atoms with Gasteiger partial charge in [-0.05, 0) is 36.6 Å². The fourth-order valence-corrected chi connectivity index (χ4v) is 5.38. The molecule has 1 aromatic heterocycles. The van der Waals surface area contributed by atoms with Crippen LogP contribution in [-0.2, 0) is 6.42 Å². The quantitative estimate of drug-likeness (QED) is 0.586. The Bertz CT molecular complexity index is 1100. The maximum absolute atomic E-state index is 12.9. The van der Waals surface area contributed by atoms with Crippen molar-refractivity contribution in [2.45, 2.75) is 25.4 Å². The summed E-state index contributed by atoms with van der Waals surface area (Å²) < 4.78 is 0. The number of aromatic nitrogens is 1. The minimum absolute atomic E-state index is 0.0256.